The molecule has 0 atom stereocenters. The minimum Gasteiger partial charge on any atom is -0.368 e. The molecule has 0 saturated heterocycles. The lowest BCUT2D eigenvalue weighted by Gasteiger charge is -2.00. The van der Waals surface area contributed by atoms with Gasteiger partial charge < -0.3 is 16.0 Å². The highest BCUT2D eigenvalue weighted by Gasteiger charge is 2.05. The molecular formula is C7H8N6. The molecule has 0 aromatic carbocycles. The molecule has 2 heterocycles. The molecule has 13 heavy (non-hydrogen) atoms. The van der Waals surface area contributed by atoms with Crippen LogP contribution in [-0.4, -0.2) is 19.9 Å². The molecule has 0 aliphatic carbocycles. The van der Waals surface area contributed by atoms with E-state index in [1.54, 1.807) is 0 Å². The molecule has 4 N–H and O–H groups in total. The topological polar surface area (TPSA) is 92.5 Å². The maximum Gasteiger partial charge on any atom is 0.224 e. The van der Waals surface area contributed by atoms with E-state index in [2.05, 4.69) is 31.8 Å². The summed E-state index contributed by atoms with van der Waals surface area (Å²) < 4.78 is 0. The van der Waals surface area contributed by atoms with Crippen molar-refractivity contribution in [3.05, 3.63) is 19.1 Å². The third-order valence-corrected chi connectivity index (χ3v) is 1.54. The minimum atomic E-state index is 0.184. The Hall–Kier alpha value is -2.11. The molecule has 6 nitrogen and oxygen atoms in total. The van der Waals surface area contributed by atoms with E-state index >= 15 is 0 Å². The van der Waals surface area contributed by atoms with Gasteiger partial charge in [-0.2, -0.15) is 9.97 Å². The fourth-order valence-electron chi connectivity index (χ4n) is 1.05. The molecule has 6 heteroatoms. The van der Waals surface area contributed by atoms with Crippen LogP contribution in [0.4, 0.5) is 11.8 Å². The lowest BCUT2D eigenvalue weighted by molar-refractivity contribution is 1.21. The molecule has 0 aliphatic heterocycles. The molecule has 0 spiro atoms. The number of rotatable bonds is 2. The molecular weight excluding hydrogens is 168 g/mol. The second-order valence-electron chi connectivity index (χ2n) is 2.38. The summed E-state index contributed by atoms with van der Waals surface area (Å²) in [6, 6.07) is 0. The Kier molecular flexibility index (Phi) is 1.59. The molecule has 0 aliphatic rings. The van der Waals surface area contributed by atoms with Crippen molar-refractivity contribution in [1.29, 1.82) is 0 Å². The number of aromatic nitrogens is 4. The zero-order valence-corrected chi connectivity index (χ0v) is 6.78. The van der Waals surface area contributed by atoms with Crippen molar-refractivity contribution in [2.24, 2.45) is 0 Å². The van der Waals surface area contributed by atoms with Crippen LogP contribution < -0.4 is 11.1 Å². The predicted octanol–water partition coefficient (Wildman–Crippen LogP) is 0.491. The van der Waals surface area contributed by atoms with Crippen LogP contribution in [0.1, 0.15) is 0 Å². The Labute approximate surface area is 73.9 Å². The van der Waals surface area contributed by atoms with Gasteiger partial charge in [-0.15, -0.1) is 0 Å². The van der Waals surface area contributed by atoms with Crippen LogP contribution in [0.3, 0.4) is 0 Å². The average molecular weight is 176 g/mol. The third kappa shape index (κ3) is 1.18. The Morgan fingerprint density at radius 1 is 1.54 bits per heavy atom. The van der Waals surface area contributed by atoms with E-state index in [4.69, 9.17) is 5.73 Å². The van der Waals surface area contributed by atoms with Crippen LogP contribution in [0.15, 0.2) is 19.1 Å². The quantitative estimate of drug-likeness (QED) is 0.619. The summed E-state index contributed by atoms with van der Waals surface area (Å²) in [5, 5.41) is 2.84. The maximum atomic E-state index is 5.46. The first-order valence-electron chi connectivity index (χ1n) is 3.65. The third-order valence-electron chi connectivity index (χ3n) is 1.54. The summed E-state index contributed by atoms with van der Waals surface area (Å²) >= 11 is 0. The van der Waals surface area contributed by atoms with E-state index in [0.29, 0.717) is 17.0 Å². The standard InChI is InChI=1S/C7H8N6/c1-2-9-5-4-6(11-3-10-4)13-7(8)12-5/h2-3H,1H2,(H4,8,9,10,11,12,13). The molecule has 0 amide bonds. The summed E-state index contributed by atoms with van der Waals surface area (Å²) in [6.45, 7) is 3.53. The number of hydrogen-bond acceptors (Lipinski definition) is 5. The van der Waals surface area contributed by atoms with Gasteiger partial charge in [-0.3, -0.25) is 0 Å². The number of nitrogen functional groups attached to an aromatic ring is 1. The summed E-state index contributed by atoms with van der Waals surface area (Å²) in [7, 11) is 0. The van der Waals surface area contributed by atoms with Gasteiger partial charge >= 0.3 is 0 Å². The molecule has 2 aromatic heterocycles. The van der Waals surface area contributed by atoms with Gasteiger partial charge in [0.15, 0.2) is 11.5 Å². The van der Waals surface area contributed by atoms with Gasteiger partial charge in [-0.1, -0.05) is 6.58 Å². The number of nitrogens with two attached hydrogens (primary N) is 1. The van der Waals surface area contributed by atoms with E-state index in [1.165, 1.54) is 12.5 Å². The van der Waals surface area contributed by atoms with Gasteiger partial charge in [-0.05, 0) is 6.20 Å². The molecule has 0 bridgehead atoms. The molecule has 2 rings (SSSR count). The SMILES string of the molecule is C=CNc1nc(N)nc2nc[nH]c12. The Morgan fingerprint density at radius 3 is 3.15 bits per heavy atom. The largest absolute Gasteiger partial charge is 0.368 e. The monoisotopic (exact) mass is 176 g/mol. The first-order valence-corrected chi connectivity index (χ1v) is 3.65. The van der Waals surface area contributed by atoms with Crippen molar-refractivity contribution in [2.45, 2.75) is 0 Å². The second kappa shape index (κ2) is 2.74. The normalized spacial score (nSPS) is 10.2. The van der Waals surface area contributed by atoms with Crippen LogP contribution in [-0.2, 0) is 0 Å². The van der Waals surface area contributed by atoms with Gasteiger partial charge in [-0.25, -0.2) is 4.98 Å². The van der Waals surface area contributed by atoms with Crippen molar-refractivity contribution in [1.82, 2.24) is 19.9 Å². The van der Waals surface area contributed by atoms with Gasteiger partial charge in [0.25, 0.3) is 0 Å². The van der Waals surface area contributed by atoms with E-state index < -0.39 is 0 Å². The summed E-state index contributed by atoms with van der Waals surface area (Å²) in [4.78, 5) is 14.8. The first kappa shape index (κ1) is 7.53. The summed E-state index contributed by atoms with van der Waals surface area (Å²) in [6.07, 6.45) is 3.05. The van der Waals surface area contributed by atoms with Crippen molar-refractivity contribution >= 4 is 22.9 Å². The van der Waals surface area contributed by atoms with Crippen LogP contribution in [0.25, 0.3) is 11.2 Å². The Balaban J connectivity index is 2.69. The molecule has 0 saturated carbocycles. The number of fused-ring (bicyclic) bond motifs is 1. The number of H-pyrrole nitrogens is 1. The molecule has 0 fully saturated rings. The number of hydrogen-bond donors (Lipinski definition) is 3. The molecule has 0 unspecified atom stereocenters. The van der Waals surface area contributed by atoms with Crippen molar-refractivity contribution in [2.75, 3.05) is 11.1 Å². The van der Waals surface area contributed by atoms with Gasteiger partial charge in [0.05, 0.1) is 6.33 Å². The summed E-state index contributed by atoms with van der Waals surface area (Å²) in [5.74, 6) is 0.763. The first-order chi connectivity index (χ1) is 6.31. The fraction of sp³-hybridized carbons (Fsp3) is 0. The number of nitrogens with one attached hydrogen (secondary N) is 2. The van der Waals surface area contributed by atoms with E-state index in [9.17, 15) is 0 Å². The lowest BCUT2D eigenvalue weighted by atomic mass is 10.5. The van der Waals surface area contributed by atoms with Gasteiger partial charge in [0.2, 0.25) is 5.95 Å². The number of nitrogens with zero attached hydrogens (tertiary/aromatic N) is 3. The van der Waals surface area contributed by atoms with Crippen molar-refractivity contribution in [3.8, 4) is 0 Å². The van der Waals surface area contributed by atoms with Crippen LogP contribution >= 0.6 is 0 Å². The van der Waals surface area contributed by atoms with Crippen LogP contribution in [0, 0.1) is 0 Å². The van der Waals surface area contributed by atoms with E-state index in [-0.39, 0.29) is 5.95 Å². The number of imidazole rings is 1. The van der Waals surface area contributed by atoms with Crippen molar-refractivity contribution in [3.63, 3.8) is 0 Å². The van der Waals surface area contributed by atoms with Gasteiger partial charge in [0, 0.05) is 0 Å². The lowest BCUT2D eigenvalue weighted by Crippen LogP contribution is -2.00. The van der Waals surface area contributed by atoms with Crippen LogP contribution in [0.2, 0.25) is 0 Å². The zero-order valence-electron chi connectivity index (χ0n) is 6.78. The summed E-state index contributed by atoms with van der Waals surface area (Å²) in [5.41, 5.74) is 6.72. The van der Waals surface area contributed by atoms with E-state index in [1.807, 2.05) is 0 Å². The smallest absolute Gasteiger partial charge is 0.224 e. The second-order valence-corrected chi connectivity index (χ2v) is 2.38. The predicted molar refractivity (Wildman–Crippen MR) is 49.9 cm³/mol. The van der Waals surface area contributed by atoms with Crippen molar-refractivity contribution < 1.29 is 0 Å². The Morgan fingerprint density at radius 2 is 2.38 bits per heavy atom. The Bertz CT molecular complexity index is 445. The zero-order chi connectivity index (χ0) is 9.26. The molecule has 2 aromatic rings. The number of anilines is 2. The molecule has 0 radical (unpaired) electrons. The fourth-order valence-corrected chi connectivity index (χ4v) is 1.05. The highest BCUT2D eigenvalue weighted by molar-refractivity contribution is 5.83. The number of aromatic amines is 1. The average Bonchev–Trinajstić information content (AvgIpc) is 2.52. The van der Waals surface area contributed by atoms with Gasteiger partial charge in [0.1, 0.15) is 5.52 Å². The molecule has 66 valence electrons. The highest BCUT2D eigenvalue weighted by atomic mass is 15.1. The highest BCUT2D eigenvalue weighted by Crippen LogP contribution is 2.16. The van der Waals surface area contributed by atoms with E-state index in [0.717, 1.165) is 0 Å². The van der Waals surface area contributed by atoms with Crippen LogP contribution in [0.5, 0.6) is 0 Å². The minimum absolute atomic E-state index is 0.184. The maximum absolute atomic E-state index is 5.46.